The second-order valence-electron chi connectivity index (χ2n) is 6.03. The van der Waals surface area contributed by atoms with Crippen molar-refractivity contribution in [3.8, 4) is 0 Å². The molecule has 1 saturated heterocycles. The molecule has 126 valence electrons. The van der Waals surface area contributed by atoms with E-state index < -0.39 is 0 Å². The topological polar surface area (TPSA) is 35.6 Å². The Hall–Kier alpha value is -2.04. The lowest BCUT2D eigenvalue weighted by atomic mass is 10.1. The van der Waals surface area contributed by atoms with E-state index in [2.05, 4.69) is 16.3 Å². The van der Waals surface area contributed by atoms with Gasteiger partial charge in [0.05, 0.1) is 0 Å². The minimum atomic E-state index is 0.111. The van der Waals surface area contributed by atoms with Crippen molar-refractivity contribution in [3.63, 3.8) is 0 Å². The summed E-state index contributed by atoms with van der Waals surface area (Å²) in [6.07, 6.45) is 0. The molecule has 1 aliphatic heterocycles. The van der Waals surface area contributed by atoms with Crippen molar-refractivity contribution < 1.29 is 4.79 Å². The first-order chi connectivity index (χ1) is 11.7. The molecule has 0 aliphatic carbocycles. The Morgan fingerprint density at radius 1 is 1.08 bits per heavy atom. The summed E-state index contributed by atoms with van der Waals surface area (Å²) in [5.41, 5.74) is 2.97. The predicted octanol–water partition coefficient (Wildman–Crippen LogP) is 3.34. The summed E-state index contributed by atoms with van der Waals surface area (Å²) in [5, 5.41) is 3.83. The maximum Gasteiger partial charge on any atom is 0.253 e. The highest BCUT2D eigenvalue weighted by Crippen LogP contribution is 2.16. The largest absolute Gasteiger partial charge is 0.388 e. The molecule has 0 bridgehead atoms. The lowest BCUT2D eigenvalue weighted by molar-refractivity contribution is 0.0628. The fourth-order valence-electron chi connectivity index (χ4n) is 2.96. The van der Waals surface area contributed by atoms with Crippen LogP contribution in [0, 0.1) is 0 Å². The minimum absolute atomic E-state index is 0.111. The van der Waals surface area contributed by atoms with Crippen LogP contribution in [-0.4, -0.2) is 48.9 Å². The number of carbonyl (C=O) groups excluding carboxylic acids is 1. The summed E-state index contributed by atoms with van der Waals surface area (Å²) in [4.78, 5) is 16.9. The van der Waals surface area contributed by atoms with Crippen LogP contribution in [0.5, 0.6) is 0 Å². The van der Waals surface area contributed by atoms with Gasteiger partial charge in [0.25, 0.3) is 5.91 Å². The maximum absolute atomic E-state index is 12.6. The van der Waals surface area contributed by atoms with Gasteiger partial charge in [-0.05, 0) is 42.0 Å². The van der Waals surface area contributed by atoms with Crippen molar-refractivity contribution >= 4 is 23.2 Å². The summed E-state index contributed by atoms with van der Waals surface area (Å²) < 4.78 is 0. The van der Waals surface area contributed by atoms with E-state index in [0.717, 1.165) is 49.0 Å². The van der Waals surface area contributed by atoms with Gasteiger partial charge >= 0.3 is 0 Å². The van der Waals surface area contributed by atoms with Crippen LogP contribution in [0.3, 0.4) is 0 Å². The van der Waals surface area contributed by atoms with Gasteiger partial charge in [0.1, 0.15) is 0 Å². The van der Waals surface area contributed by atoms with Crippen LogP contribution in [0.25, 0.3) is 0 Å². The number of nitrogens with zero attached hydrogens (tertiary/aromatic N) is 2. The van der Waals surface area contributed by atoms with E-state index >= 15 is 0 Å². The van der Waals surface area contributed by atoms with Crippen molar-refractivity contribution in [2.24, 2.45) is 0 Å². The Labute approximate surface area is 148 Å². The Kier molecular flexibility index (Phi) is 5.38. The van der Waals surface area contributed by atoms with E-state index in [4.69, 9.17) is 11.6 Å². The molecule has 2 aromatic rings. The fourth-order valence-corrected chi connectivity index (χ4v) is 3.18. The van der Waals surface area contributed by atoms with Crippen molar-refractivity contribution in [1.82, 2.24) is 9.80 Å². The van der Waals surface area contributed by atoms with Crippen LogP contribution < -0.4 is 5.32 Å². The molecule has 0 unspecified atom stereocenters. The number of hydrogen-bond donors (Lipinski definition) is 1. The molecule has 0 radical (unpaired) electrons. The van der Waals surface area contributed by atoms with E-state index in [-0.39, 0.29) is 5.91 Å². The zero-order valence-corrected chi connectivity index (χ0v) is 14.6. The van der Waals surface area contributed by atoms with Crippen LogP contribution in [-0.2, 0) is 6.54 Å². The second-order valence-corrected chi connectivity index (χ2v) is 6.46. The molecule has 2 aromatic carbocycles. The number of benzene rings is 2. The van der Waals surface area contributed by atoms with Gasteiger partial charge in [0.2, 0.25) is 0 Å². The Morgan fingerprint density at radius 2 is 1.79 bits per heavy atom. The third kappa shape index (κ3) is 4.08. The summed E-state index contributed by atoms with van der Waals surface area (Å²) in [5.74, 6) is 0.111. The summed E-state index contributed by atoms with van der Waals surface area (Å²) >= 11 is 6.04. The smallest absolute Gasteiger partial charge is 0.253 e. The van der Waals surface area contributed by atoms with Gasteiger partial charge in [0, 0.05) is 56.0 Å². The van der Waals surface area contributed by atoms with Crippen LogP contribution in [0.2, 0.25) is 5.02 Å². The van der Waals surface area contributed by atoms with Gasteiger partial charge in [0.15, 0.2) is 0 Å². The third-order valence-corrected chi connectivity index (χ3v) is 4.61. The van der Waals surface area contributed by atoms with Gasteiger partial charge in [-0.1, -0.05) is 23.7 Å². The number of rotatable bonds is 4. The Balaban J connectivity index is 1.55. The molecule has 5 heteroatoms. The lowest BCUT2D eigenvalue weighted by Crippen LogP contribution is -2.48. The van der Waals surface area contributed by atoms with Crippen LogP contribution in [0.1, 0.15) is 15.9 Å². The molecule has 0 saturated carbocycles. The number of carbonyl (C=O) groups is 1. The summed E-state index contributed by atoms with van der Waals surface area (Å²) in [7, 11) is 1.87. The molecule has 24 heavy (non-hydrogen) atoms. The molecule has 1 fully saturated rings. The van der Waals surface area contributed by atoms with Crippen molar-refractivity contribution in [3.05, 3.63) is 64.7 Å². The number of anilines is 1. The third-order valence-electron chi connectivity index (χ3n) is 4.38. The molecular formula is C19H22ClN3O. The minimum Gasteiger partial charge on any atom is -0.388 e. The zero-order chi connectivity index (χ0) is 16.9. The first-order valence-electron chi connectivity index (χ1n) is 8.19. The van der Waals surface area contributed by atoms with E-state index in [1.54, 1.807) is 0 Å². The Morgan fingerprint density at radius 3 is 2.42 bits per heavy atom. The van der Waals surface area contributed by atoms with Crippen molar-refractivity contribution in [2.45, 2.75) is 6.54 Å². The standard InChI is InChI=1S/C19H22ClN3O/c1-21-18-7-5-16(6-8-18)19(24)23-11-9-22(10-12-23)14-15-3-2-4-17(20)13-15/h2-8,13,21H,9-12,14H2,1H3. The van der Waals surface area contributed by atoms with Crippen LogP contribution >= 0.6 is 11.6 Å². The highest BCUT2D eigenvalue weighted by Gasteiger charge is 2.22. The lowest BCUT2D eigenvalue weighted by Gasteiger charge is -2.34. The molecular weight excluding hydrogens is 322 g/mol. The molecule has 1 N–H and O–H groups in total. The van der Waals surface area contributed by atoms with E-state index in [1.807, 2.05) is 54.4 Å². The summed E-state index contributed by atoms with van der Waals surface area (Å²) in [6.45, 7) is 4.15. The number of amides is 1. The van der Waals surface area contributed by atoms with E-state index in [0.29, 0.717) is 0 Å². The first-order valence-corrected chi connectivity index (χ1v) is 8.57. The zero-order valence-electron chi connectivity index (χ0n) is 13.8. The number of nitrogens with one attached hydrogen (secondary N) is 1. The summed E-state index contributed by atoms with van der Waals surface area (Å²) in [6, 6.07) is 15.6. The van der Waals surface area contributed by atoms with Gasteiger partial charge < -0.3 is 10.2 Å². The number of halogens is 1. The van der Waals surface area contributed by atoms with Crippen molar-refractivity contribution in [2.75, 3.05) is 38.5 Å². The normalized spacial score (nSPS) is 15.3. The average molecular weight is 344 g/mol. The van der Waals surface area contributed by atoms with Gasteiger partial charge in [-0.2, -0.15) is 0 Å². The highest BCUT2D eigenvalue weighted by molar-refractivity contribution is 6.30. The van der Waals surface area contributed by atoms with Crippen molar-refractivity contribution in [1.29, 1.82) is 0 Å². The van der Waals surface area contributed by atoms with Gasteiger partial charge in [-0.3, -0.25) is 9.69 Å². The monoisotopic (exact) mass is 343 g/mol. The molecule has 1 heterocycles. The molecule has 1 amide bonds. The van der Waals surface area contributed by atoms with Gasteiger partial charge in [-0.15, -0.1) is 0 Å². The SMILES string of the molecule is CNc1ccc(C(=O)N2CCN(Cc3cccc(Cl)c3)CC2)cc1. The van der Waals surface area contributed by atoms with Crippen LogP contribution in [0.4, 0.5) is 5.69 Å². The number of hydrogen-bond acceptors (Lipinski definition) is 3. The van der Waals surface area contributed by atoms with Crippen LogP contribution in [0.15, 0.2) is 48.5 Å². The first kappa shape index (κ1) is 16.8. The average Bonchev–Trinajstić information content (AvgIpc) is 2.62. The Bertz CT molecular complexity index is 694. The number of piperazine rings is 1. The van der Waals surface area contributed by atoms with Gasteiger partial charge in [-0.25, -0.2) is 0 Å². The van der Waals surface area contributed by atoms with E-state index in [1.165, 1.54) is 5.56 Å². The molecule has 1 aliphatic rings. The molecule has 0 spiro atoms. The predicted molar refractivity (Wildman–Crippen MR) is 98.6 cm³/mol. The second kappa shape index (κ2) is 7.69. The maximum atomic E-state index is 12.6. The molecule has 4 nitrogen and oxygen atoms in total. The fraction of sp³-hybridized carbons (Fsp3) is 0.316. The molecule has 0 aromatic heterocycles. The molecule has 0 atom stereocenters. The molecule has 3 rings (SSSR count). The van der Waals surface area contributed by atoms with E-state index in [9.17, 15) is 4.79 Å². The highest BCUT2D eigenvalue weighted by atomic mass is 35.5. The quantitative estimate of drug-likeness (QED) is 0.924.